The van der Waals surface area contributed by atoms with E-state index in [1.165, 1.54) is 4.68 Å². The second-order valence-electron chi connectivity index (χ2n) is 9.77. The Morgan fingerprint density at radius 3 is 2.65 bits per heavy atom. The van der Waals surface area contributed by atoms with Crippen LogP contribution in [-0.4, -0.2) is 22.5 Å². The van der Waals surface area contributed by atoms with Crippen molar-refractivity contribution in [3.05, 3.63) is 91.1 Å². The molecule has 2 heterocycles. The summed E-state index contributed by atoms with van der Waals surface area (Å²) >= 11 is 16.2. The fourth-order valence-corrected chi connectivity index (χ4v) is 4.89. The SMILES string of the molecule is CC(C)(C)COc1c(Cl)cc(C=Nn2c(-c3cc4cc(Cl)ccc4o3)nc3ccccc3c2=O)cc1Br. The third-order valence-electron chi connectivity index (χ3n) is 5.44. The predicted octanol–water partition coefficient (Wildman–Crippen LogP) is 8.19. The summed E-state index contributed by atoms with van der Waals surface area (Å²) in [5.41, 5.74) is 1.48. The Balaban J connectivity index is 1.60. The van der Waals surface area contributed by atoms with E-state index in [-0.39, 0.29) is 16.8 Å². The summed E-state index contributed by atoms with van der Waals surface area (Å²) in [5, 5.41) is 6.74. The number of para-hydroxylation sites is 1. The van der Waals surface area contributed by atoms with Crippen LogP contribution in [0.25, 0.3) is 33.5 Å². The van der Waals surface area contributed by atoms with Crippen LogP contribution in [-0.2, 0) is 0 Å². The lowest BCUT2D eigenvalue weighted by molar-refractivity contribution is 0.197. The number of nitrogens with zero attached hydrogens (tertiary/aromatic N) is 3. The molecule has 0 radical (unpaired) electrons. The first-order chi connectivity index (χ1) is 17.6. The summed E-state index contributed by atoms with van der Waals surface area (Å²) in [5.74, 6) is 1.21. The van der Waals surface area contributed by atoms with Gasteiger partial charge in [-0.05, 0) is 75.4 Å². The first-order valence-electron chi connectivity index (χ1n) is 11.5. The van der Waals surface area contributed by atoms with Crippen molar-refractivity contribution < 1.29 is 9.15 Å². The second-order valence-corrected chi connectivity index (χ2v) is 11.5. The summed E-state index contributed by atoms with van der Waals surface area (Å²) in [6.45, 7) is 6.75. The highest BCUT2D eigenvalue weighted by atomic mass is 79.9. The Morgan fingerprint density at radius 1 is 1.11 bits per heavy atom. The predicted molar refractivity (Wildman–Crippen MR) is 153 cm³/mol. The van der Waals surface area contributed by atoms with E-state index in [0.717, 1.165) is 5.39 Å². The molecule has 0 saturated heterocycles. The van der Waals surface area contributed by atoms with Crippen LogP contribution in [0.15, 0.2) is 79.4 Å². The van der Waals surface area contributed by atoms with Crippen LogP contribution in [0.2, 0.25) is 10.0 Å². The first kappa shape index (κ1) is 25.5. The van der Waals surface area contributed by atoms with E-state index >= 15 is 0 Å². The van der Waals surface area contributed by atoms with Gasteiger partial charge in [-0.15, -0.1) is 0 Å². The molecule has 0 N–H and O–H groups in total. The second kappa shape index (κ2) is 9.97. The van der Waals surface area contributed by atoms with Crippen LogP contribution >= 0.6 is 39.1 Å². The van der Waals surface area contributed by atoms with Gasteiger partial charge < -0.3 is 9.15 Å². The zero-order chi connectivity index (χ0) is 26.3. The van der Waals surface area contributed by atoms with E-state index in [9.17, 15) is 4.79 Å². The molecule has 0 spiro atoms. The minimum atomic E-state index is -0.328. The molecule has 0 aliphatic carbocycles. The van der Waals surface area contributed by atoms with Crippen molar-refractivity contribution in [2.24, 2.45) is 10.5 Å². The molecule has 5 aromatic rings. The average Bonchev–Trinajstić information content (AvgIpc) is 3.25. The van der Waals surface area contributed by atoms with E-state index in [1.807, 2.05) is 12.1 Å². The van der Waals surface area contributed by atoms with Crippen LogP contribution in [0.3, 0.4) is 0 Å². The van der Waals surface area contributed by atoms with Crippen molar-refractivity contribution >= 4 is 67.2 Å². The summed E-state index contributed by atoms with van der Waals surface area (Å²) in [7, 11) is 0. The van der Waals surface area contributed by atoms with E-state index in [4.69, 9.17) is 37.3 Å². The number of ether oxygens (including phenoxy) is 1. The summed E-state index contributed by atoms with van der Waals surface area (Å²) in [6.07, 6.45) is 1.55. The third kappa shape index (κ3) is 5.44. The van der Waals surface area contributed by atoms with E-state index in [1.54, 1.807) is 54.7 Å². The Kier molecular flexibility index (Phi) is 6.88. The van der Waals surface area contributed by atoms with Crippen molar-refractivity contribution in [3.8, 4) is 17.3 Å². The van der Waals surface area contributed by atoms with Crippen LogP contribution in [0.1, 0.15) is 26.3 Å². The highest BCUT2D eigenvalue weighted by molar-refractivity contribution is 9.10. The molecular weight excluding hydrogens is 577 g/mol. The summed E-state index contributed by atoms with van der Waals surface area (Å²) < 4.78 is 13.8. The lowest BCUT2D eigenvalue weighted by atomic mass is 9.99. The van der Waals surface area contributed by atoms with Gasteiger partial charge in [0.2, 0.25) is 5.82 Å². The van der Waals surface area contributed by atoms with Gasteiger partial charge >= 0.3 is 0 Å². The minimum Gasteiger partial charge on any atom is -0.490 e. The standard InChI is InChI=1S/C28H22BrCl2N3O3/c1-28(2,3)15-36-25-20(29)10-16(11-21(25)31)14-32-34-26(33-22-7-5-4-6-19(22)27(34)35)24-13-17-12-18(30)8-9-23(17)37-24/h4-14H,15H2,1-3H3. The molecule has 0 amide bonds. The molecule has 0 unspecified atom stereocenters. The first-order valence-corrected chi connectivity index (χ1v) is 13.0. The number of furan rings is 1. The molecular formula is C28H22BrCl2N3O3. The average molecular weight is 599 g/mol. The largest absolute Gasteiger partial charge is 0.490 e. The number of rotatable bonds is 5. The maximum Gasteiger partial charge on any atom is 0.282 e. The number of fused-ring (bicyclic) bond motifs is 2. The smallest absolute Gasteiger partial charge is 0.282 e. The van der Waals surface area contributed by atoms with Crippen molar-refractivity contribution in [3.63, 3.8) is 0 Å². The number of halogens is 3. The summed E-state index contributed by atoms with van der Waals surface area (Å²) in [6, 6.07) is 17.8. The molecule has 0 saturated carbocycles. The van der Waals surface area contributed by atoms with Crippen molar-refractivity contribution in [2.45, 2.75) is 20.8 Å². The quantitative estimate of drug-likeness (QED) is 0.191. The third-order valence-corrected chi connectivity index (χ3v) is 6.55. The molecule has 0 bridgehead atoms. The zero-order valence-electron chi connectivity index (χ0n) is 20.3. The van der Waals surface area contributed by atoms with Gasteiger partial charge in [-0.25, -0.2) is 4.98 Å². The fraction of sp³-hybridized carbons (Fsp3) is 0.179. The van der Waals surface area contributed by atoms with Gasteiger partial charge in [-0.3, -0.25) is 4.79 Å². The van der Waals surface area contributed by atoms with Crippen LogP contribution < -0.4 is 10.3 Å². The molecule has 0 atom stereocenters. The monoisotopic (exact) mass is 597 g/mol. The van der Waals surface area contributed by atoms with E-state index in [2.05, 4.69) is 41.8 Å². The van der Waals surface area contributed by atoms with Crippen LogP contribution in [0, 0.1) is 5.41 Å². The molecule has 0 aliphatic heterocycles. The molecule has 0 fully saturated rings. The lowest BCUT2D eigenvalue weighted by Crippen LogP contribution is -2.20. The highest BCUT2D eigenvalue weighted by Gasteiger charge is 2.18. The Morgan fingerprint density at radius 2 is 1.89 bits per heavy atom. The topological polar surface area (TPSA) is 69.6 Å². The molecule has 2 aromatic heterocycles. The number of hydrogen-bond acceptors (Lipinski definition) is 5. The van der Waals surface area contributed by atoms with E-state index in [0.29, 0.717) is 54.7 Å². The Labute approximate surface area is 231 Å². The molecule has 37 heavy (non-hydrogen) atoms. The number of aromatic nitrogens is 2. The molecule has 9 heteroatoms. The molecule has 6 nitrogen and oxygen atoms in total. The van der Waals surface area contributed by atoms with Crippen LogP contribution in [0.5, 0.6) is 5.75 Å². The minimum absolute atomic E-state index is 0.0223. The Hall–Kier alpha value is -3.13. The Bertz CT molecular complexity index is 1710. The zero-order valence-corrected chi connectivity index (χ0v) is 23.4. The van der Waals surface area contributed by atoms with Crippen molar-refractivity contribution in [2.75, 3.05) is 6.61 Å². The highest BCUT2D eigenvalue weighted by Crippen LogP contribution is 2.35. The van der Waals surface area contributed by atoms with Gasteiger partial charge in [0.1, 0.15) is 5.58 Å². The fourth-order valence-electron chi connectivity index (χ4n) is 3.72. The van der Waals surface area contributed by atoms with Gasteiger partial charge in [0.15, 0.2) is 11.5 Å². The number of benzene rings is 3. The van der Waals surface area contributed by atoms with Crippen molar-refractivity contribution in [1.82, 2.24) is 9.66 Å². The maximum absolute atomic E-state index is 13.5. The van der Waals surface area contributed by atoms with Gasteiger partial charge in [-0.2, -0.15) is 9.78 Å². The number of hydrogen-bond donors (Lipinski definition) is 0. The molecule has 3 aromatic carbocycles. The molecule has 0 aliphatic rings. The van der Waals surface area contributed by atoms with Gasteiger partial charge in [-0.1, -0.05) is 56.1 Å². The van der Waals surface area contributed by atoms with Gasteiger partial charge in [0.05, 0.1) is 33.2 Å². The maximum atomic E-state index is 13.5. The molecule has 5 rings (SSSR count). The summed E-state index contributed by atoms with van der Waals surface area (Å²) in [4.78, 5) is 18.2. The molecule has 188 valence electrons. The lowest BCUT2D eigenvalue weighted by Gasteiger charge is -2.20. The van der Waals surface area contributed by atoms with E-state index < -0.39 is 0 Å². The normalized spacial score (nSPS) is 12.2. The van der Waals surface area contributed by atoms with Crippen molar-refractivity contribution in [1.29, 1.82) is 0 Å². The van der Waals surface area contributed by atoms with Gasteiger partial charge in [0, 0.05) is 10.4 Å². The van der Waals surface area contributed by atoms with Gasteiger partial charge in [0.25, 0.3) is 5.56 Å². The van der Waals surface area contributed by atoms with Crippen LogP contribution in [0.4, 0.5) is 0 Å².